The van der Waals surface area contributed by atoms with Gasteiger partial charge in [0.1, 0.15) is 5.75 Å². The second-order valence-corrected chi connectivity index (χ2v) is 4.60. The van der Waals surface area contributed by atoms with E-state index in [1.807, 2.05) is 24.5 Å². The predicted molar refractivity (Wildman–Crippen MR) is 77.3 cm³/mol. The van der Waals surface area contributed by atoms with E-state index < -0.39 is 0 Å². The average Bonchev–Trinajstić information content (AvgIpc) is 2.49. The fourth-order valence-electron chi connectivity index (χ4n) is 2.19. The lowest BCUT2D eigenvalue weighted by Gasteiger charge is -2.15. The van der Waals surface area contributed by atoms with Crippen LogP contribution in [0, 0.1) is 0 Å². The summed E-state index contributed by atoms with van der Waals surface area (Å²) in [7, 11) is 1.68. The lowest BCUT2D eigenvalue weighted by molar-refractivity contribution is 0.414. The number of aryl methyl sites for hydroxylation is 1. The van der Waals surface area contributed by atoms with Crippen LogP contribution >= 0.6 is 0 Å². The van der Waals surface area contributed by atoms with Gasteiger partial charge in [-0.3, -0.25) is 4.98 Å². The van der Waals surface area contributed by atoms with E-state index in [0.717, 1.165) is 18.6 Å². The molecule has 1 heterocycles. The molecule has 100 valence electrons. The second kappa shape index (κ2) is 6.90. The number of hydrogen-bond donors (Lipinski definition) is 1. The molecule has 0 saturated carbocycles. The quantitative estimate of drug-likeness (QED) is 0.864. The first kappa shape index (κ1) is 13.6. The summed E-state index contributed by atoms with van der Waals surface area (Å²) < 4.78 is 5.17. The molecule has 0 amide bonds. The van der Waals surface area contributed by atoms with Gasteiger partial charge in [-0.25, -0.2) is 0 Å². The largest absolute Gasteiger partial charge is 0.497 e. The summed E-state index contributed by atoms with van der Waals surface area (Å²) in [5.74, 6) is 1.27. The third-order valence-electron chi connectivity index (χ3n) is 3.40. The van der Waals surface area contributed by atoms with Gasteiger partial charge in [-0.15, -0.1) is 0 Å². The summed E-state index contributed by atoms with van der Waals surface area (Å²) in [6.07, 6.45) is 5.74. The number of rotatable bonds is 6. The number of aromatic nitrogens is 1. The van der Waals surface area contributed by atoms with Crippen molar-refractivity contribution in [3.05, 3.63) is 59.9 Å². The van der Waals surface area contributed by atoms with Crippen molar-refractivity contribution in [2.45, 2.75) is 18.8 Å². The maximum absolute atomic E-state index is 5.90. The molecular formula is C16H20N2O. The van der Waals surface area contributed by atoms with Gasteiger partial charge in [-0.1, -0.05) is 12.1 Å². The van der Waals surface area contributed by atoms with Crippen LogP contribution in [0.4, 0.5) is 0 Å². The third-order valence-corrected chi connectivity index (χ3v) is 3.40. The molecule has 3 nitrogen and oxygen atoms in total. The summed E-state index contributed by atoms with van der Waals surface area (Å²) in [6, 6.07) is 12.3. The van der Waals surface area contributed by atoms with E-state index in [1.54, 1.807) is 7.11 Å². The van der Waals surface area contributed by atoms with Crippen molar-refractivity contribution in [1.29, 1.82) is 0 Å². The predicted octanol–water partition coefficient (Wildman–Crippen LogP) is 2.77. The fourth-order valence-corrected chi connectivity index (χ4v) is 2.19. The van der Waals surface area contributed by atoms with Crippen molar-refractivity contribution in [1.82, 2.24) is 4.98 Å². The Morgan fingerprint density at radius 2 is 1.79 bits per heavy atom. The number of methoxy groups -OCH3 is 1. The topological polar surface area (TPSA) is 48.1 Å². The van der Waals surface area contributed by atoms with E-state index >= 15 is 0 Å². The Bertz CT molecular complexity index is 482. The zero-order chi connectivity index (χ0) is 13.5. The number of nitrogens with zero attached hydrogens (tertiary/aromatic N) is 1. The van der Waals surface area contributed by atoms with Gasteiger partial charge >= 0.3 is 0 Å². The monoisotopic (exact) mass is 256 g/mol. The van der Waals surface area contributed by atoms with E-state index in [-0.39, 0.29) is 0 Å². The summed E-state index contributed by atoms with van der Waals surface area (Å²) >= 11 is 0. The molecule has 0 spiro atoms. The van der Waals surface area contributed by atoms with Crippen molar-refractivity contribution in [2.75, 3.05) is 13.7 Å². The first-order valence-electron chi connectivity index (χ1n) is 6.56. The molecule has 0 aliphatic carbocycles. The van der Waals surface area contributed by atoms with Crippen LogP contribution in [-0.2, 0) is 6.42 Å². The first-order chi connectivity index (χ1) is 9.33. The highest BCUT2D eigenvalue weighted by atomic mass is 16.5. The molecule has 0 aliphatic rings. The van der Waals surface area contributed by atoms with Crippen molar-refractivity contribution < 1.29 is 4.74 Å². The number of nitrogens with two attached hydrogens (primary N) is 1. The minimum atomic E-state index is 0.388. The van der Waals surface area contributed by atoms with Crippen molar-refractivity contribution in [2.24, 2.45) is 5.73 Å². The Morgan fingerprint density at radius 3 is 2.37 bits per heavy atom. The van der Waals surface area contributed by atoms with E-state index in [9.17, 15) is 0 Å². The van der Waals surface area contributed by atoms with E-state index in [1.165, 1.54) is 11.1 Å². The van der Waals surface area contributed by atoms with Crippen LogP contribution in [0.5, 0.6) is 5.75 Å². The summed E-state index contributed by atoms with van der Waals surface area (Å²) in [6.45, 7) is 0.664. The molecular weight excluding hydrogens is 236 g/mol. The van der Waals surface area contributed by atoms with E-state index in [0.29, 0.717) is 12.5 Å². The highest BCUT2D eigenvalue weighted by molar-refractivity contribution is 5.29. The second-order valence-electron chi connectivity index (χ2n) is 4.60. The van der Waals surface area contributed by atoms with Crippen molar-refractivity contribution in [3.8, 4) is 5.75 Å². The Hall–Kier alpha value is -1.87. The van der Waals surface area contributed by atoms with Crippen LogP contribution in [-0.4, -0.2) is 18.6 Å². The van der Waals surface area contributed by atoms with Gasteiger partial charge in [-0.2, -0.15) is 0 Å². The smallest absolute Gasteiger partial charge is 0.118 e. The number of hydrogen-bond acceptors (Lipinski definition) is 3. The Morgan fingerprint density at radius 1 is 1.11 bits per heavy atom. The van der Waals surface area contributed by atoms with Gasteiger partial charge in [0.2, 0.25) is 0 Å². The van der Waals surface area contributed by atoms with Crippen molar-refractivity contribution >= 4 is 0 Å². The molecule has 0 fully saturated rings. The molecule has 2 rings (SSSR count). The van der Waals surface area contributed by atoms with Crippen LogP contribution in [0.2, 0.25) is 0 Å². The third kappa shape index (κ3) is 3.80. The van der Waals surface area contributed by atoms with Crippen LogP contribution in [0.3, 0.4) is 0 Å². The number of ether oxygens (including phenoxy) is 1. The lowest BCUT2D eigenvalue weighted by atomic mass is 9.92. The molecule has 1 aromatic heterocycles. The van der Waals surface area contributed by atoms with Crippen LogP contribution in [0.25, 0.3) is 0 Å². The molecule has 3 heteroatoms. The van der Waals surface area contributed by atoms with Crippen LogP contribution in [0.15, 0.2) is 48.8 Å². The van der Waals surface area contributed by atoms with Gasteiger partial charge in [0.05, 0.1) is 7.11 Å². The lowest BCUT2D eigenvalue weighted by Crippen LogP contribution is -2.13. The Labute approximate surface area is 114 Å². The molecule has 0 aliphatic heterocycles. The Balaban J connectivity index is 1.99. The van der Waals surface area contributed by atoms with Gasteiger partial charge in [-0.05, 0) is 60.7 Å². The van der Waals surface area contributed by atoms with Crippen LogP contribution < -0.4 is 10.5 Å². The molecule has 1 aromatic carbocycles. The van der Waals surface area contributed by atoms with Crippen LogP contribution in [0.1, 0.15) is 23.5 Å². The zero-order valence-electron chi connectivity index (χ0n) is 11.3. The Kier molecular flexibility index (Phi) is 4.93. The number of pyridine rings is 1. The summed E-state index contributed by atoms with van der Waals surface area (Å²) in [4.78, 5) is 4.03. The van der Waals surface area contributed by atoms with Gasteiger partial charge in [0.25, 0.3) is 0 Å². The SMILES string of the molecule is COc1ccc(C(CN)CCc2ccncc2)cc1. The minimum Gasteiger partial charge on any atom is -0.497 e. The van der Waals surface area contributed by atoms with Gasteiger partial charge in [0.15, 0.2) is 0 Å². The standard InChI is InChI=1S/C16H20N2O/c1-19-16-6-4-14(5-7-16)15(12-17)3-2-13-8-10-18-11-9-13/h4-11,15H,2-3,12,17H2,1H3. The first-order valence-corrected chi connectivity index (χ1v) is 6.56. The molecule has 2 aromatic rings. The highest BCUT2D eigenvalue weighted by Gasteiger charge is 2.10. The average molecular weight is 256 g/mol. The number of benzene rings is 1. The van der Waals surface area contributed by atoms with Gasteiger partial charge in [0, 0.05) is 12.4 Å². The minimum absolute atomic E-state index is 0.388. The van der Waals surface area contributed by atoms with Crippen molar-refractivity contribution in [3.63, 3.8) is 0 Å². The molecule has 0 saturated heterocycles. The molecule has 19 heavy (non-hydrogen) atoms. The van der Waals surface area contributed by atoms with E-state index in [2.05, 4.69) is 29.2 Å². The zero-order valence-corrected chi connectivity index (χ0v) is 11.3. The normalized spacial score (nSPS) is 12.1. The van der Waals surface area contributed by atoms with E-state index in [4.69, 9.17) is 10.5 Å². The summed E-state index contributed by atoms with van der Waals surface area (Å²) in [5.41, 5.74) is 8.48. The molecule has 0 radical (unpaired) electrons. The fraction of sp³-hybridized carbons (Fsp3) is 0.312. The highest BCUT2D eigenvalue weighted by Crippen LogP contribution is 2.23. The molecule has 0 bridgehead atoms. The molecule has 2 N–H and O–H groups in total. The summed E-state index contributed by atoms with van der Waals surface area (Å²) in [5, 5.41) is 0. The molecule has 1 unspecified atom stereocenters. The van der Waals surface area contributed by atoms with Gasteiger partial charge < -0.3 is 10.5 Å². The maximum atomic E-state index is 5.90. The maximum Gasteiger partial charge on any atom is 0.118 e. The molecule has 1 atom stereocenters.